The molecule has 0 aliphatic rings. The van der Waals surface area contributed by atoms with Crippen LogP contribution < -0.4 is 14.4 Å². The van der Waals surface area contributed by atoms with Crippen molar-refractivity contribution in [2.75, 3.05) is 23.7 Å². The molecule has 0 aliphatic carbocycles. The summed E-state index contributed by atoms with van der Waals surface area (Å²) in [5, 5.41) is 2.72. The highest BCUT2D eigenvalue weighted by Gasteiger charge is 2.36. The Balaban J connectivity index is 1.65. The van der Waals surface area contributed by atoms with Crippen LogP contribution in [0, 0.1) is 6.92 Å². The number of anilines is 1. The van der Waals surface area contributed by atoms with E-state index in [1.165, 1.54) is 36.4 Å². The van der Waals surface area contributed by atoms with Crippen LogP contribution >= 0.6 is 0 Å². The van der Waals surface area contributed by atoms with Crippen LogP contribution in [0.5, 0.6) is 5.75 Å². The zero-order valence-corrected chi connectivity index (χ0v) is 20.0. The molecule has 0 unspecified atom stereocenters. The van der Waals surface area contributed by atoms with Gasteiger partial charge in [0.05, 0.1) is 30.6 Å². The molecule has 35 heavy (non-hydrogen) atoms. The maximum Gasteiger partial charge on any atom is 0.418 e. The highest BCUT2D eigenvalue weighted by Crippen LogP contribution is 2.37. The maximum atomic E-state index is 13.4. The van der Waals surface area contributed by atoms with Crippen LogP contribution in [-0.2, 0) is 22.7 Å². The first-order chi connectivity index (χ1) is 16.4. The van der Waals surface area contributed by atoms with E-state index >= 15 is 0 Å². The molecule has 0 fully saturated rings. The molecule has 6 nitrogen and oxygen atoms in total. The monoisotopic (exact) mass is 506 g/mol. The van der Waals surface area contributed by atoms with Crippen molar-refractivity contribution < 1.29 is 31.1 Å². The summed E-state index contributed by atoms with van der Waals surface area (Å²) in [5.41, 5.74) is 0.299. The fraction of sp³-hybridized carbons (Fsp3) is 0.240. The van der Waals surface area contributed by atoms with Crippen molar-refractivity contribution in [2.45, 2.75) is 19.6 Å². The largest absolute Gasteiger partial charge is 0.492 e. The maximum absolute atomic E-state index is 13.4. The van der Waals surface area contributed by atoms with Crippen LogP contribution in [0.1, 0.15) is 27.0 Å². The summed E-state index contributed by atoms with van der Waals surface area (Å²) in [6.07, 6.45) is -3.87. The Labute approximate surface area is 202 Å². The van der Waals surface area contributed by atoms with Crippen molar-refractivity contribution in [1.82, 2.24) is 5.32 Å². The topological polar surface area (TPSA) is 75.7 Å². The average molecular weight is 507 g/mol. The van der Waals surface area contributed by atoms with Crippen LogP contribution in [0.2, 0.25) is 0 Å². The lowest BCUT2D eigenvalue weighted by Crippen LogP contribution is -2.31. The van der Waals surface area contributed by atoms with E-state index < -0.39 is 27.5 Å². The molecular formula is C25H25F3N2O4S. The lowest BCUT2D eigenvalue weighted by Gasteiger charge is -2.25. The van der Waals surface area contributed by atoms with E-state index in [9.17, 15) is 26.4 Å². The number of nitrogens with zero attached hydrogens (tertiary/aromatic N) is 1. The van der Waals surface area contributed by atoms with Crippen LogP contribution in [0.3, 0.4) is 0 Å². The number of sulfonamides is 1. The second-order valence-corrected chi connectivity index (χ2v) is 9.81. The van der Waals surface area contributed by atoms with E-state index in [-0.39, 0.29) is 25.6 Å². The molecule has 0 aliphatic heterocycles. The number of halogens is 3. The van der Waals surface area contributed by atoms with Crippen LogP contribution in [0.25, 0.3) is 0 Å². The highest BCUT2D eigenvalue weighted by atomic mass is 32.2. The highest BCUT2D eigenvalue weighted by molar-refractivity contribution is 7.92. The third-order valence-electron chi connectivity index (χ3n) is 5.07. The van der Waals surface area contributed by atoms with Crippen molar-refractivity contribution in [3.63, 3.8) is 0 Å². The number of para-hydroxylation sites is 1. The SMILES string of the molecule is Cc1cccc(OCCNC(=O)c2ccc(CN(c3ccccc3C(F)(F)F)S(C)(=O)=O)cc2)c1. The normalized spacial score (nSPS) is 11.7. The van der Waals surface area contributed by atoms with Crippen molar-refractivity contribution in [3.05, 3.63) is 95.1 Å². The summed E-state index contributed by atoms with van der Waals surface area (Å²) in [4.78, 5) is 12.4. The van der Waals surface area contributed by atoms with Crippen molar-refractivity contribution in [2.24, 2.45) is 0 Å². The Morgan fingerprint density at radius 3 is 2.31 bits per heavy atom. The molecule has 0 radical (unpaired) electrons. The molecule has 0 spiro atoms. The molecule has 1 N–H and O–H groups in total. The van der Waals surface area contributed by atoms with Gasteiger partial charge in [-0.3, -0.25) is 9.10 Å². The average Bonchev–Trinajstić information content (AvgIpc) is 2.79. The Kier molecular flexibility index (Phi) is 8.06. The van der Waals surface area contributed by atoms with Gasteiger partial charge in [-0.15, -0.1) is 0 Å². The zero-order chi connectivity index (χ0) is 25.6. The minimum absolute atomic E-state index is 0.268. The Morgan fingerprint density at radius 1 is 1.00 bits per heavy atom. The number of hydrogen-bond donors (Lipinski definition) is 1. The molecule has 0 bridgehead atoms. The van der Waals surface area contributed by atoms with E-state index in [1.807, 2.05) is 31.2 Å². The summed E-state index contributed by atoms with van der Waals surface area (Å²) in [5.74, 6) is 0.345. The van der Waals surface area contributed by atoms with Gasteiger partial charge in [-0.25, -0.2) is 8.42 Å². The Morgan fingerprint density at radius 2 is 1.69 bits per heavy atom. The predicted octanol–water partition coefficient (Wildman–Crippen LogP) is 4.79. The van der Waals surface area contributed by atoms with E-state index in [4.69, 9.17) is 4.74 Å². The minimum atomic E-state index is -4.72. The van der Waals surface area contributed by atoms with E-state index in [2.05, 4.69) is 5.32 Å². The lowest BCUT2D eigenvalue weighted by atomic mass is 10.1. The first-order valence-corrected chi connectivity index (χ1v) is 12.5. The summed E-state index contributed by atoms with van der Waals surface area (Å²) < 4.78 is 71.3. The molecule has 1 amide bonds. The van der Waals surface area contributed by atoms with E-state index in [0.29, 0.717) is 21.2 Å². The number of carbonyl (C=O) groups excluding carboxylic acids is 1. The molecule has 0 atom stereocenters. The second-order valence-electron chi connectivity index (χ2n) is 7.90. The number of hydrogen-bond acceptors (Lipinski definition) is 4. The smallest absolute Gasteiger partial charge is 0.418 e. The minimum Gasteiger partial charge on any atom is -0.492 e. The third-order valence-corrected chi connectivity index (χ3v) is 6.19. The quantitative estimate of drug-likeness (QED) is 0.424. The molecule has 3 aromatic rings. The molecule has 0 saturated heterocycles. The third kappa shape index (κ3) is 7.22. The standard InChI is InChI=1S/C25H25F3N2O4S/c1-18-6-5-7-21(16-18)34-15-14-29-24(31)20-12-10-19(11-13-20)17-30(35(2,32)33)23-9-4-3-8-22(23)25(26,27)28/h3-13,16H,14-15,17H2,1-2H3,(H,29,31). The number of benzene rings is 3. The van der Waals surface area contributed by atoms with Crippen molar-refractivity contribution in [3.8, 4) is 5.75 Å². The van der Waals surface area contributed by atoms with Gasteiger partial charge < -0.3 is 10.1 Å². The molecular weight excluding hydrogens is 481 g/mol. The van der Waals surface area contributed by atoms with Gasteiger partial charge in [0.1, 0.15) is 12.4 Å². The number of amides is 1. The molecule has 0 aromatic heterocycles. The molecule has 186 valence electrons. The number of aryl methyl sites for hydroxylation is 1. The number of nitrogens with one attached hydrogen (secondary N) is 1. The molecule has 0 saturated carbocycles. The van der Waals surface area contributed by atoms with Gasteiger partial charge in [-0.1, -0.05) is 36.4 Å². The molecule has 3 aromatic carbocycles. The van der Waals surface area contributed by atoms with Crippen LogP contribution in [0.4, 0.5) is 18.9 Å². The molecule has 0 heterocycles. The van der Waals surface area contributed by atoms with E-state index in [0.717, 1.165) is 24.0 Å². The second kappa shape index (κ2) is 10.8. The Bertz CT molecular complexity index is 1280. The fourth-order valence-corrected chi connectivity index (χ4v) is 4.28. The van der Waals surface area contributed by atoms with Gasteiger partial charge in [-0.2, -0.15) is 13.2 Å². The van der Waals surface area contributed by atoms with E-state index in [1.54, 1.807) is 0 Å². The summed E-state index contributed by atoms with van der Waals surface area (Å²) >= 11 is 0. The summed E-state index contributed by atoms with van der Waals surface area (Å²) in [6, 6.07) is 18.0. The number of ether oxygens (including phenoxy) is 1. The summed E-state index contributed by atoms with van der Waals surface area (Å²) in [7, 11) is -4.03. The molecule has 3 rings (SSSR count). The van der Waals surface area contributed by atoms with Gasteiger partial charge >= 0.3 is 6.18 Å². The van der Waals surface area contributed by atoms with Crippen molar-refractivity contribution >= 4 is 21.6 Å². The Hall–Kier alpha value is -3.53. The summed E-state index contributed by atoms with van der Waals surface area (Å²) in [6.45, 7) is 2.17. The first kappa shape index (κ1) is 26.1. The van der Waals surface area contributed by atoms with Crippen LogP contribution in [-0.4, -0.2) is 33.7 Å². The molecule has 10 heteroatoms. The number of rotatable bonds is 9. The van der Waals surface area contributed by atoms with Gasteiger partial charge in [-0.05, 0) is 54.4 Å². The van der Waals surface area contributed by atoms with Gasteiger partial charge in [0.15, 0.2) is 0 Å². The van der Waals surface area contributed by atoms with Gasteiger partial charge in [0.2, 0.25) is 10.0 Å². The van der Waals surface area contributed by atoms with Crippen molar-refractivity contribution in [1.29, 1.82) is 0 Å². The number of alkyl halides is 3. The zero-order valence-electron chi connectivity index (χ0n) is 19.2. The van der Waals surface area contributed by atoms with Gasteiger partial charge in [0.25, 0.3) is 5.91 Å². The fourth-order valence-electron chi connectivity index (χ4n) is 3.38. The lowest BCUT2D eigenvalue weighted by molar-refractivity contribution is -0.137. The first-order valence-electron chi connectivity index (χ1n) is 10.7. The predicted molar refractivity (Wildman–Crippen MR) is 128 cm³/mol. The van der Waals surface area contributed by atoms with Gasteiger partial charge in [0, 0.05) is 5.56 Å². The van der Waals surface area contributed by atoms with Crippen LogP contribution in [0.15, 0.2) is 72.8 Å². The number of carbonyl (C=O) groups is 1.